The molecule has 0 unspecified atom stereocenters. The summed E-state index contributed by atoms with van der Waals surface area (Å²) in [6.45, 7) is 6.15. The van der Waals surface area contributed by atoms with Crippen LogP contribution < -0.4 is 9.64 Å². The maximum absolute atomic E-state index is 6.03. The summed E-state index contributed by atoms with van der Waals surface area (Å²) >= 11 is 0. The Morgan fingerprint density at radius 3 is 2.61 bits per heavy atom. The second-order valence-electron chi connectivity index (χ2n) is 6.02. The molecular weight excluding hydrogens is 288 g/mol. The Hall–Kier alpha value is -2.17. The predicted octanol–water partition coefficient (Wildman–Crippen LogP) is 3.18. The molecule has 5 nitrogen and oxygen atoms in total. The molecule has 2 aromatic heterocycles. The maximum atomic E-state index is 6.03. The number of rotatable bonds is 5. The van der Waals surface area contributed by atoms with Gasteiger partial charge in [0.05, 0.1) is 0 Å². The third-order valence-electron chi connectivity index (χ3n) is 4.08. The smallest absolute Gasteiger partial charge is 0.132 e. The van der Waals surface area contributed by atoms with Gasteiger partial charge in [-0.1, -0.05) is 6.92 Å². The Morgan fingerprint density at radius 2 is 1.91 bits per heavy atom. The third kappa shape index (κ3) is 4.18. The molecule has 1 saturated heterocycles. The van der Waals surface area contributed by atoms with Gasteiger partial charge in [-0.3, -0.25) is 4.98 Å². The van der Waals surface area contributed by atoms with E-state index >= 15 is 0 Å². The first kappa shape index (κ1) is 15.7. The van der Waals surface area contributed by atoms with Gasteiger partial charge in [-0.25, -0.2) is 9.97 Å². The minimum atomic E-state index is 0.270. The fraction of sp³-hybridized carbons (Fsp3) is 0.500. The van der Waals surface area contributed by atoms with E-state index in [9.17, 15) is 0 Å². The van der Waals surface area contributed by atoms with Crippen molar-refractivity contribution in [1.82, 2.24) is 15.0 Å². The van der Waals surface area contributed by atoms with Gasteiger partial charge < -0.3 is 9.64 Å². The van der Waals surface area contributed by atoms with Crippen molar-refractivity contribution >= 4 is 5.82 Å². The monoisotopic (exact) mass is 312 g/mol. The second-order valence-corrected chi connectivity index (χ2v) is 6.02. The molecule has 1 aliphatic rings. The average Bonchev–Trinajstić information content (AvgIpc) is 2.56. The summed E-state index contributed by atoms with van der Waals surface area (Å²) in [7, 11) is 0. The van der Waals surface area contributed by atoms with Crippen molar-refractivity contribution in [3.63, 3.8) is 0 Å². The van der Waals surface area contributed by atoms with E-state index in [-0.39, 0.29) is 6.10 Å². The van der Waals surface area contributed by atoms with E-state index in [1.807, 2.05) is 19.1 Å². The molecular formula is C18H24N4O. The Balaban J connectivity index is 1.60. The van der Waals surface area contributed by atoms with Crippen molar-refractivity contribution in [2.45, 2.75) is 45.6 Å². The highest BCUT2D eigenvalue weighted by Crippen LogP contribution is 2.22. The van der Waals surface area contributed by atoms with Gasteiger partial charge in [0.1, 0.15) is 23.5 Å². The molecule has 23 heavy (non-hydrogen) atoms. The third-order valence-corrected chi connectivity index (χ3v) is 4.08. The zero-order chi connectivity index (χ0) is 16.1. The standard InChI is InChI=1S/C18H24N4O/c1-3-4-17-20-14(2)13-18(21-17)22-11-7-16(8-12-22)23-15-5-9-19-10-6-15/h5-6,9-10,13,16H,3-4,7-8,11-12H2,1-2H3. The molecule has 0 spiro atoms. The summed E-state index contributed by atoms with van der Waals surface area (Å²) in [5.74, 6) is 2.92. The van der Waals surface area contributed by atoms with E-state index in [1.165, 1.54) is 0 Å². The van der Waals surface area contributed by atoms with E-state index in [0.29, 0.717) is 0 Å². The van der Waals surface area contributed by atoms with Crippen LogP contribution in [0.25, 0.3) is 0 Å². The lowest BCUT2D eigenvalue weighted by Gasteiger charge is -2.33. The molecule has 122 valence electrons. The molecule has 0 aliphatic carbocycles. The van der Waals surface area contributed by atoms with Crippen molar-refractivity contribution in [3.8, 4) is 5.75 Å². The minimum Gasteiger partial charge on any atom is -0.490 e. The predicted molar refractivity (Wildman–Crippen MR) is 90.9 cm³/mol. The van der Waals surface area contributed by atoms with Gasteiger partial charge in [0.15, 0.2) is 0 Å². The van der Waals surface area contributed by atoms with Crippen molar-refractivity contribution in [2.24, 2.45) is 0 Å². The quantitative estimate of drug-likeness (QED) is 0.848. The molecule has 0 atom stereocenters. The number of aryl methyl sites for hydroxylation is 2. The first-order valence-corrected chi connectivity index (χ1v) is 8.41. The fourth-order valence-corrected chi connectivity index (χ4v) is 2.92. The molecule has 1 fully saturated rings. The van der Waals surface area contributed by atoms with Gasteiger partial charge >= 0.3 is 0 Å². The molecule has 0 aromatic carbocycles. The molecule has 2 aromatic rings. The summed E-state index contributed by atoms with van der Waals surface area (Å²) in [4.78, 5) is 15.6. The summed E-state index contributed by atoms with van der Waals surface area (Å²) in [6.07, 6.45) is 7.84. The lowest BCUT2D eigenvalue weighted by atomic mass is 10.1. The number of ether oxygens (including phenoxy) is 1. The zero-order valence-corrected chi connectivity index (χ0v) is 13.9. The molecule has 0 N–H and O–H groups in total. The van der Waals surface area contributed by atoms with Gasteiger partial charge in [0.2, 0.25) is 0 Å². The van der Waals surface area contributed by atoms with E-state index in [0.717, 1.165) is 61.9 Å². The topological polar surface area (TPSA) is 51.1 Å². The lowest BCUT2D eigenvalue weighted by molar-refractivity contribution is 0.170. The molecule has 5 heteroatoms. The zero-order valence-electron chi connectivity index (χ0n) is 13.9. The van der Waals surface area contributed by atoms with Crippen LogP contribution in [0.2, 0.25) is 0 Å². The molecule has 0 amide bonds. The van der Waals surface area contributed by atoms with Gasteiger partial charge in [-0.15, -0.1) is 0 Å². The highest BCUT2D eigenvalue weighted by Gasteiger charge is 2.22. The van der Waals surface area contributed by atoms with Crippen LogP contribution in [-0.4, -0.2) is 34.1 Å². The van der Waals surface area contributed by atoms with Crippen molar-refractivity contribution in [3.05, 3.63) is 42.1 Å². The SMILES string of the molecule is CCCc1nc(C)cc(N2CCC(Oc3ccncc3)CC2)n1. The van der Waals surface area contributed by atoms with Gasteiger partial charge in [-0.05, 0) is 25.5 Å². The van der Waals surface area contributed by atoms with Crippen LogP contribution in [0.15, 0.2) is 30.6 Å². The molecule has 3 heterocycles. The molecule has 0 saturated carbocycles. The Bertz CT molecular complexity index is 624. The van der Waals surface area contributed by atoms with E-state index in [2.05, 4.69) is 27.9 Å². The van der Waals surface area contributed by atoms with Crippen LogP contribution in [0.3, 0.4) is 0 Å². The largest absolute Gasteiger partial charge is 0.490 e. The molecule has 0 radical (unpaired) electrons. The van der Waals surface area contributed by atoms with Crippen LogP contribution in [0.5, 0.6) is 5.75 Å². The van der Waals surface area contributed by atoms with Crippen molar-refractivity contribution in [2.75, 3.05) is 18.0 Å². The number of piperidine rings is 1. The van der Waals surface area contributed by atoms with Crippen LogP contribution in [0.4, 0.5) is 5.82 Å². The summed E-state index contributed by atoms with van der Waals surface area (Å²) in [6, 6.07) is 5.91. The lowest BCUT2D eigenvalue weighted by Crippen LogP contribution is -2.38. The van der Waals surface area contributed by atoms with Crippen molar-refractivity contribution in [1.29, 1.82) is 0 Å². The van der Waals surface area contributed by atoms with E-state index < -0.39 is 0 Å². The van der Waals surface area contributed by atoms with E-state index in [1.54, 1.807) is 12.4 Å². The van der Waals surface area contributed by atoms with Gasteiger partial charge in [0.25, 0.3) is 0 Å². The van der Waals surface area contributed by atoms with Crippen LogP contribution in [0.1, 0.15) is 37.7 Å². The first-order chi connectivity index (χ1) is 11.2. The summed E-state index contributed by atoms with van der Waals surface area (Å²) in [5, 5.41) is 0. The minimum absolute atomic E-state index is 0.270. The number of aromatic nitrogens is 3. The van der Waals surface area contributed by atoms with Gasteiger partial charge in [0, 0.05) is 56.5 Å². The highest BCUT2D eigenvalue weighted by atomic mass is 16.5. The first-order valence-electron chi connectivity index (χ1n) is 8.41. The van der Waals surface area contributed by atoms with Crippen LogP contribution in [0, 0.1) is 6.92 Å². The number of nitrogens with zero attached hydrogens (tertiary/aromatic N) is 4. The van der Waals surface area contributed by atoms with Gasteiger partial charge in [-0.2, -0.15) is 0 Å². The number of anilines is 1. The van der Waals surface area contributed by atoms with E-state index in [4.69, 9.17) is 9.72 Å². The Labute approximate surface area is 137 Å². The number of hydrogen-bond donors (Lipinski definition) is 0. The molecule has 3 rings (SSSR count). The maximum Gasteiger partial charge on any atom is 0.132 e. The highest BCUT2D eigenvalue weighted by molar-refractivity contribution is 5.40. The normalized spacial score (nSPS) is 15.7. The summed E-state index contributed by atoms with van der Waals surface area (Å²) in [5.41, 5.74) is 1.05. The summed E-state index contributed by atoms with van der Waals surface area (Å²) < 4.78 is 6.03. The average molecular weight is 312 g/mol. The van der Waals surface area contributed by atoms with Crippen LogP contribution in [-0.2, 0) is 6.42 Å². The number of pyridine rings is 1. The number of hydrogen-bond acceptors (Lipinski definition) is 5. The Morgan fingerprint density at radius 1 is 1.17 bits per heavy atom. The Kier molecular flexibility index (Phi) is 5.05. The van der Waals surface area contributed by atoms with Crippen LogP contribution >= 0.6 is 0 Å². The molecule has 0 bridgehead atoms. The van der Waals surface area contributed by atoms with Crippen molar-refractivity contribution < 1.29 is 4.74 Å². The second kappa shape index (κ2) is 7.40. The molecule has 1 aliphatic heterocycles. The fourth-order valence-electron chi connectivity index (χ4n) is 2.92.